The SMILES string of the molecule is N#Cc1ccc(OCCCCOc2ccc(-c3cc4cc(C#N)ccc4o3)cc2)cc1. The Morgan fingerprint density at radius 1 is 0.677 bits per heavy atom. The molecule has 3 aromatic carbocycles. The Morgan fingerprint density at radius 3 is 1.87 bits per heavy atom. The molecule has 0 aliphatic carbocycles. The summed E-state index contributed by atoms with van der Waals surface area (Å²) >= 11 is 0. The fourth-order valence-corrected chi connectivity index (χ4v) is 3.18. The number of furan rings is 1. The molecule has 0 aliphatic rings. The number of rotatable bonds is 8. The highest BCUT2D eigenvalue weighted by Crippen LogP contribution is 2.29. The van der Waals surface area contributed by atoms with Crippen LogP contribution in [0.1, 0.15) is 24.0 Å². The van der Waals surface area contributed by atoms with Crippen molar-refractivity contribution in [3.63, 3.8) is 0 Å². The first-order chi connectivity index (χ1) is 15.2. The zero-order valence-corrected chi connectivity index (χ0v) is 16.9. The summed E-state index contributed by atoms with van der Waals surface area (Å²) in [6.45, 7) is 1.21. The van der Waals surface area contributed by atoms with Gasteiger partial charge in [-0.15, -0.1) is 0 Å². The normalized spacial score (nSPS) is 10.4. The number of hydrogen-bond acceptors (Lipinski definition) is 5. The van der Waals surface area contributed by atoms with E-state index in [-0.39, 0.29) is 0 Å². The van der Waals surface area contributed by atoms with Crippen molar-refractivity contribution in [2.45, 2.75) is 12.8 Å². The van der Waals surface area contributed by atoms with E-state index in [9.17, 15) is 0 Å². The van der Waals surface area contributed by atoms with Crippen LogP contribution in [0.15, 0.2) is 77.2 Å². The zero-order chi connectivity index (χ0) is 21.5. The average molecular weight is 408 g/mol. The minimum Gasteiger partial charge on any atom is -0.494 e. The van der Waals surface area contributed by atoms with Crippen molar-refractivity contribution in [2.24, 2.45) is 0 Å². The molecule has 0 saturated carbocycles. The minimum atomic E-state index is 0.605. The highest BCUT2D eigenvalue weighted by atomic mass is 16.5. The lowest BCUT2D eigenvalue weighted by Gasteiger charge is -2.08. The number of nitrogens with zero attached hydrogens (tertiary/aromatic N) is 2. The van der Waals surface area contributed by atoms with Gasteiger partial charge in [-0.3, -0.25) is 0 Å². The maximum Gasteiger partial charge on any atom is 0.135 e. The minimum absolute atomic E-state index is 0.605. The molecule has 0 N–H and O–H groups in total. The van der Waals surface area contributed by atoms with Gasteiger partial charge in [-0.2, -0.15) is 10.5 Å². The molecule has 152 valence electrons. The van der Waals surface area contributed by atoms with E-state index < -0.39 is 0 Å². The fraction of sp³-hybridized carbons (Fsp3) is 0.154. The predicted octanol–water partition coefficient (Wildman–Crippen LogP) is 6.08. The summed E-state index contributed by atoms with van der Waals surface area (Å²) in [4.78, 5) is 0. The first-order valence-electron chi connectivity index (χ1n) is 10.0. The number of ether oxygens (including phenoxy) is 2. The molecule has 0 saturated heterocycles. The van der Waals surface area contributed by atoms with E-state index in [4.69, 9.17) is 24.4 Å². The lowest BCUT2D eigenvalue weighted by Crippen LogP contribution is -2.02. The van der Waals surface area contributed by atoms with Crippen molar-refractivity contribution in [3.05, 3.63) is 83.9 Å². The van der Waals surface area contributed by atoms with Gasteiger partial charge >= 0.3 is 0 Å². The van der Waals surface area contributed by atoms with Crippen molar-refractivity contribution < 1.29 is 13.9 Å². The maximum atomic E-state index is 9.03. The van der Waals surface area contributed by atoms with Gasteiger partial charge in [-0.05, 0) is 85.6 Å². The number of nitriles is 2. The van der Waals surface area contributed by atoms with Crippen LogP contribution in [-0.2, 0) is 0 Å². The van der Waals surface area contributed by atoms with Gasteiger partial charge in [0.15, 0.2) is 0 Å². The van der Waals surface area contributed by atoms with E-state index in [0.717, 1.165) is 46.6 Å². The summed E-state index contributed by atoms with van der Waals surface area (Å²) in [6.07, 6.45) is 1.75. The standard InChI is InChI=1S/C26H20N2O3/c27-17-19-3-8-23(9-4-19)29-13-1-2-14-30-24-10-6-21(7-11-24)26-16-22-15-20(18-28)5-12-25(22)31-26/h3-12,15-16H,1-2,13-14H2. The molecule has 5 nitrogen and oxygen atoms in total. The molecule has 5 heteroatoms. The smallest absolute Gasteiger partial charge is 0.135 e. The van der Waals surface area contributed by atoms with Crippen molar-refractivity contribution in [2.75, 3.05) is 13.2 Å². The van der Waals surface area contributed by atoms with Gasteiger partial charge in [0.1, 0.15) is 22.8 Å². The van der Waals surface area contributed by atoms with Crippen LogP contribution in [0.5, 0.6) is 11.5 Å². The molecule has 0 amide bonds. The maximum absolute atomic E-state index is 9.03. The molecule has 31 heavy (non-hydrogen) atoms. The zero-order valence-electron chi connectivity index (χ0n) is 16.9. The lowest BCUT2D eigenvalue weighted by molar-refractivity contribution is 0.266. The van der Waals surface area contributed by atoms with Gasteiger partial charge in [-0.1, -0.05) is 0 Å². The first kappa shape index (κ1) is 20.1. The Balaban J connectivity index is 1.23. The van der Waals surface area contributed by atoms with Crippen molar-refractivity contribution in [3.8, 4) is 35.0 Å². The monoisotopic (exact) mass is 408 g/mol. The second-order valence-corrected chi connectivity index (χ2v) is 7.04. The summed E-state index contributed by atoms with van der Waals surface area (Å²) in [5.74, 6) is 2.33. The van der Waals surface area contributed by atoms with Crippen molar-refractivity contribution >= 4 is 11.0 Å². The Bertz CT molecular complexity index is 1240. The van der Waals surface area contributed by atoms with Gasteiger partial charge in [0.05, 0.1) is 36.5 Å². The molecule has 4 rings (SSSR count). The molecule has 0 aliphatic heterocycles. The predicted molar refractivity (Wildman–Crippen MR) is 118 cm³/mol. The van der Waals surface area contributed by atoms with Crippen LogP contribution < -0.4 is 9.47 Å². The second-order valence-electron chi connectivity index (χ2n) is 7.04. The van der Waals surface area contributed by atoms with Crippen LogP contribution in [0, 0.1) is 22.7 Å². The van der Waals surface area contributed by atoms with Crippen molar-refractivity contribution in [1.82, 2.24) is 0 Å². The molecule has 0 bridgehead atoms. The van der Waals surface area contributed by atoms with Gasteiger partial charge in [0.2, 0.25) is 0 Å². The number of hydrogen-bond donors (Lipinski definition) is 0. The summed E-state index contributed by atoms with van der Waals surface area (Å²) in [5.41, 5.74) is 2.96. The third kappa shape index (κ3) is 5.04. The van der Waals surface area contributed by atoms with E-state index in [1.165, 1.54) is 0 Å². The highest BCUT2D eigenvalue weighted by Gasteiger charge is 2.07. The molecule has 0 unspecified atom stereocenters. The summed E-state index contributed by atoms with van der Waals surface area (Å²) in [6, 6.07) is 26.5. The van der Waals surface area contributed by atoms with Gasteiger partial charge in [-0.25, -0.2) is 0 Å². The van der Waals surface area contributed by atoms with E-state index in [1.54, 1.807) is 30.3 Å². The van der Waals surface area contributed by atoms with Gasteiger partial charge in [0.25, 0.3) is 0 Å². The summed E-state index contributed by atoms with van der Waals surface area (Å²) < 4.78 is 17.4. The summed E-state index contributed by atoms with van der Waals surface area (Å²) in [5, 5.41) is 18.7. The Labute approximate surface area is 180 Å². The Morgan fingerprint density at radius 2 is 1.26 bits per heavy atom. The third-order valence-electron chi connectivity index (χ3n) is 4.84. The van der Waals surface area contributed by atoms with Crippen LogP contribution in [0.3, 0.4) is 0 Å². The molecule has 0 spiro atoms. The topological polar surface area (TPSA) is 79.2 Å². The van der Waals surface area contributed by atoms with E-state index in [0.29, 0.717) is 24.3 Å². The Hall–Kier alpha value is -4.22. The third-order valence-corrected chi connectivity index (χ3v) is 4.84. The van der Waals surface area contributed by atoms with Gasteiger partial charge in [0, 0.05) is 10.9 Å². The molecule has 4 aromatic rings. The average Bonchev–Trinajstić information content (AvgIpc) is 3.25. The number of fused-ring (bicyclic) bond motifs is 1. The van der Waals surface area contributed by atoms with E-state index in [2.05, 4.69) is 12.1 Å². The van der Waals surface area contributed by atoms with Crippen LogP contribution >= 0.6 is 0 Å². The molecule has 1 heterocycles. The van der Waals surface area contributed by atoms with Crippen LogP contribution in [-0.4, -0.2) is 13.2 Å². The number of benzene rings is 3. The van der Waals surface area contributed by atoms with Crippen molar-refractivity contribution in [1.29, 1.82) is 10.5 Å². The number of unbranched alkanes of at least 4 members (excludes halogenated alkanes) is 1. The Kier molecular flexibility index (Phi) is 6.16. The highest BCUT2D eigenvalue weighted by molar-refractivity contribution is 5.84. The second kappa shape index (κ2) is 9.52. The molecular formula is C26H20N2O3. The van der Waals surface area contributed by atoms with Crippen LogP contribution in [0.2, 0.25) is 0 Å². The summed E-state index contributed by atoms with van der Waals surface area (Å²) in [7, 11) is 0. The van der Waals surface area contributed by atoms with Crippen LogP contribution in [0.4, 0.5) is 0 Å². The lowest BCUT2D eigenvalue weighted by atomic mass is 10.1. The quantitative estimate of drug-likeness (QED) is 0.330. The molecule has 0 atom stereocenters. The fourth-order valence-electron chi connectivity index (χ4n) is 3.18. The molecule has 1 aromatic heterocycles. The van der Waals surface area contributed by atoms with Crippen LogP contribution in [0.25, 0.3) is 22.3 Å². The largest absolute Gasteiger partial charge is 0.494 e. The van der Waals surface area contributed by atoms with E-state index >= 15 is 0 Å². The first-order valence-corrected chi connectivity index (χ1v) is 10.0. The molecule has 0 fully saturated rings. The van der Waals surface area contributed by atoms with E-state index in [1.807, 2.05) is 42.5 Å². The van der Waals surface area contributed by atoms with Gasteiger partial charge < -0.3 is 13.9 Å². The molecular weight excluding hydrogens is 388 g/mol. The molecule has 0 radical (unpaired) electrons.